The quantitative estimate of drug-likeness (QED) is 0.880. The Hall–Kier alpha value is -2.56. The number of nitrogens with zero attached hydrogens (tertiary/aromatic N) is 2. The van der Waals surface area contributed by atoms with Crippen LogP contribution in [0.25, 0.3) is 11.1 Å². The van der Waals surface area contributed by atoms with Gasteiger partial charge >= 0.3 is 5.97 Å². The number of carboxylic acid groups (broad SMARTS) is 1. The molecular weight excluding hydrogens is 242 g/mol. The lowest BCUT2D eigenvalue weighted by atomic mass is 10.0. The number of aromatic carboxylic acids is 1. The van der Waals surface area contributed by atoms with Crippen molar-refractivity contribution in [3.05, 3.63) is 42.1 Å². The molecule has 0 aliphatic heterocycles. The number of hydrogen-bond donors (Lipinski definition) is 2. The van der Waals surface area contributed by atoms with E-state index in [4.69, 9.17) is 5.73 Å². The standard InChI is InChI=1S/C14H15N3O2/c1-17(2)10-5-3-9(4-6-10)12-8-16-13(15)7-11(12)14(18)19/h3-8H,1-2H3,(H2,15,16)(H,18,19). The first-order valence-electron chi connectivity index (χ1n) is 5.75. The third kappa shape index (κ3) is 2.65. The van der Waals surface area contributed by atoms with E-state index in [9.17, 15) is 9.90 Å². The van der Waals surface area contributed by atoms with Crippen molar-refractivity contribution in [3.8, 4) is 11.1 Å². The van der Waals surface area contributed by atoms with Crippen molar-refractivity contribution < 1.29 is 9.90 Å². The van der Waals surface area contributed by atoms with Crippen LogP contribution in [0.2, 0.25) is 0 Å². The minimum absolute atomic E-state index is 0.158. The predicted octanol–water partition coefficient (Wildman–Crippen LogP) is 2.09. The second-order valence-corrected chi connectivity index (χ2v) is 4.40. The number of carboxylic acids is 1. The van der Waals surface area contributed by atoms with Crippen LogP contribution in [0.5, 0.6) is 0 Å². The topological polar surface area (TPSA) is 79.5 Å². The molecule has 98 valence electrons. The van der Waals surface area contributed by atoms with Gasteiger partial charge in [0.05, 0.1) is 5.56 Å². The molecule has 0 fully saturated rings. The Morgan fingerprint density at radius 2 is 1.89 bits per heavy atom. The maximum absolute atomic E-state index is 11.2. The summed E-state index contributed by atoms with van der Waals surface area (Å²) >= 11 is 0. The summed E-state index contributed by atoms with van der Waals surface area (Å²) in [6, 6.07) is 8.97. The first kappa shape index (κ1) is 12.9. The molecule has 0 radical (unpaired) electrons. The number of hydrogen-bond acceptors (Lipinski definition) is 4. The first-order chi connectivity index (χ1) is 8.99. The minimum atomic E-state index is -1.01. The van der Waals surface area contributed by atoms with Gasteiger partial charge in [-0.15, -0.1) is 0 Å². The Labute approximate surface area is 111 Å². The summed E-state index contributed by atoms with van der Waals surface area (Å²) in [5.74, 6) is -0.813. The van der Waals surface area contributed by atoms with Crippen molar-refractivity contribution >= 4 is 17.5 Å². The van der Waals surface area contributed by atoms with Gasteiger partial charge in [0.1, 0.15) is 5.82 Å². The molecule has 0 bridgehead atoms. The van der Waals surface area contributed by atoms with Crippen molar-refractivity contribution in [2.75, 3.05) is 24.7 Å². The number of aromatic nitrogens is 1. The third-order valence-corrected chi connectivity index (χ3v) is 2.85. The number of benzene rings is 1. The maximum atomic E-state index is 11.2. The van der Waals surface area contributed by atoms with Crippen LogP contribution in [0.3, 0.4) is 0 Å². The lowest BCUT2D eigenvalue weighted by Gasteiger charge is -2.13. The molecule has 2 rings (SSSR count). The van der Waals surface area contributed by atoms with E-state index in [0.717, 1.165) is 11.3 Å². The molecule has 0 atom stereocenters. The summed E-state index contributed by atoms with van der Waals surface area (Å²) in [5.41, 5.74) is 8.09. The van der Waals surface area contributed by atoms with Crippen molar-refractivity contribution in [3.63, 3.8) is 0 Å². The van der Waals surface area contributed by atoms with E-state index in [1.807, 2.05) is 43.3 Å². The molecule has 0 aliphatic rings. The smallest absolute Gasteiger partial charge is 0.336 e. The third-order valence-electron chi connectivity index (χ3n) is 2.85. The first-order valence-corrected chi connectivity index (χ1v) is 5.75. The van der Waals surface area contributed by atoms with Gasteiger partial charge in [0.15, 0.2) is 0 Å². The largest absolute Gasteiger partial charge is 0.478 e. The fraction of sp³-hybridized carbons (Fsp3) is 0.143. The lowest BCUT2D eigenvalue weighted by Crippen LogP contribution is -2.08. The molecular formula is C14H15N3O2. The second-order valence-electron chi connectivity index (χ2n) is 4.40. The van der Waals surface area contributed by atoms with Crippen LogP contribution in [0.1, 0.15) is 10.4 Å². The number of carbonyl (C=O) groups is 1. The Balaban J connectivity index is 2.49. The van der Waals surface area contributed by atoms with Crippen LogP contribution < -0.4 is 10.6 Å². The van der Waals surface area contributed by atoms with E-state index < -0.39 is 5.97 Å². The molecule has 0 spiro atoms. The monoisotopic (exact) mass is 257 g/mol. The average Bonchev–Trinajstić information content (AvgIpc) is 2.38. The fourth-order valence-electron chi connectivity index (χ4n) is 1.82. The highest BCUT2D eigenvalue weighted by Crippen LogP contribution is 2.26. The van der Waals surface area contributed by atoms with E-state index in [0.29, 0.717) is 5.56 Å². The van der Waals surface area contributed by atoms with Gasteiger partial charge in [-0.1, -0.05) is 12.1 Å². The number of nitrogen functional groups attached to an aromatic ring is 1. The Morgan fingerprint density at radius 3 is 2.42 bits per heavy atom. The van der Waals surface area contributed by atoms with Gasteiger partial charge in [-0.2, -0.15) is 0 Å². The highest BCUT2D eigenvalue weighted by atomic mass is 16.4. The van der Waals surface area contributed by atoms with Crippen LogP contribution >= 0.6 is 0 Å². The molecule has 0 amide bonds. The van der Waals surface area contributed by atoms with Crippen LogP contribution in [0.15, 0.2) is 36.5 Å². The van der Waals surface area contributed by atoms with E-state index in [2.05, 4.69) is 4.98 Å². The van der Waals surface area contributed by atoms with Crippen molar-refractivity contribution in [1.29, 1.82) is 0 Å². The Kier molecular flexibility index (Phi) is 3.37. The number of nitrogens with two attached hydrogens (primary N) is 1. The SMILES string of the molecule is CN(C)c1ccc(-c2cnc(N)cc2C(=O)O)cc1. The van der Waals surface area contributed by atoms with Gasteiger partial charge in [0, 0.05) is 31.5 Å². The average molecular weight is 257 g/mol. The predicted molar refractivity (Wildman–Crippen MR) is 75.4 cm³/mol. The molecule has 19 heavy (non-hydrogen) atoms. The molecule has 0 unspecified atom stereocenters. The zero-order valence-corrected chi connectivity index (χ0v) is 10.8. The summed E-state index contributed by atoms with van der Waals surface area (Å²) in [6.45, 7) is 0. The second kappa shape index (κ2) is 4.97. The molecule has 0 saturated heterocycles. The van der Waals surface area contributed by atoms with E-state index in [-0.39, 0.29) is 11.4 Å². The van der Waals surface area contributed by atoms with Gasteiger partial charge in [-0.3, -0.25) is 0 Å². The van der Waals surface area contributed by atoms with Crippen LogP contribution in [0, 0.1) is 0 Å². The molecule has 0 aliphatic carbocycles. The number of rotatable bonds is 3. The summed E-state index contributed by atoms with van der Waals surface area (Å²) in [5, 5.41) is 9.20. The zero-order chi connectivity index (χ0) is 14.0. The van der Waals surface area contributed by atoms with Crippen molar-refractivity contribution in [2.24, 2.45) is 0 Å². The maximum Gasteiger partial charge on any atom is 0.336 e. The summed E-state index contributed by atoms with van der Waals surface area (Å²) in [4.78, 5) is 17.2. The summed E-state index contributed by atoms with van der Waals surface area (Å²) in [7, 11) is 3.89. The molecule has 1 heterocycles. The lowest BCUT2D eigenvalue weighted by molar-refractivity contribution is 0.0697. The molecule has 5 nitrogen and oxygen atoms in total. The van der Waals surface area contributed by atoms with Gasteiger partial charge in [0.25, 0.3) is 0 Å². The van der Waals surface area contributed by atoms with Crippen LogP contribution in [-0.2, 0) is 0 Å². The van der Waals surface area contributed by atoms with Gasteiger partial charge < -0.3 is 15.7 Å². The molecule has 2 aromatic rings. The number of pyridine rings is 1. The van der Waals surface area contributed by atoms with Gasteiger partial charge in [-0.25, -0.2) is 9.78 Å². The van der Waals surface area contributed by atoms with Gasteiger partial charge in [-0.05, 0) is 23.8 Å². The highest BCUT2D eigenvalue weighted by molar-refractivity contribution is 5.96. The molecule has 0 saturated carbocycles. The van der Waals surface area contributed by atoms with Crippen molar-refractivity contribution in [2.45, 2.75) is 0 Å². The Bertz CT molecular complexity index is 607. The molecule has 3 N–H and O–H groups in total. The highest BCUT2D eigenvalue weighted by Gasteiger charge is 2.13. The van der Waals surface area contributed by atoms with Crippen LogP contribution in [-0.4, -0.2) is 30.2 Å². The minimum Gasteiger partial charge on any atom is -0.478 e. The fourth-order valence-corrected chi connectivity index (χ4v) is 1.82. The van der Waals surface area contributed by atoms with Crippen molar-refractivity contribution in [1.82, 2.24) is 4.98 Å². The molecule has 5 heteroatoms. The normalized spacial score (nSPS) is 10.2. The van der Waals surface area contributed by atoms with E-state index in [1.54, 1.807) is 0 Å². The van der Waals surface area contributed by atoms with E-state index >= 15 is 0 Å². The molecule has 1 aromatic heterocycles. The summed E-state index contributed by atoms with van der Waals surface area (Å²) in [6.07, 6.45) is 1.49. The van der Waals surface area contributed by atoms with Crippen LogP contribution in [0.4, 0.5) is 11.5 Å². The zero-order valence-electron chi connectivity index (χ0n) is 10.8. The Morgan fingerprint density at radius 1 is 1.26 bits per heavy atom. The summed E-state index contributed by atoms with van der Waals surface area (Å²) < 4.78 is 0. The van der Waals surface area contributed by atoms with E-state index in [1.165, 1.54) is 12.3 Å². The molecule has 1 aromatic carbocycles. The van der Waals surface area contributed by atoms with Gasteiger partial charge in [0.2, 0.25) is 0 Å². The number of anilines is 2.